The molecule has 0 radical (unpaired) electrons. The van der Waals surface area contributed by atoms with Gasteiger partial charge in [-0.25, -0.2) is 17.9 Å². The van der Waals surface area contributed by atoms with E-state index >= 15 is 0 Å². The standard InChI is InChI=1S/C24H30F5N5O7S/c1-12-18(11-33(32-12)20(25)26)42(38,39)34-13(2)17(10-30-19(35)22(3,4)37)40-16-8-7-14(9-15(16)34)31-21(36)41-23(5,6)24(27,28)29/h7-9,11,13,17,20,37H,10H2,1-6H3,(H,30,35)(H,31,36). The zero-order valence-electron chi connectivity index (χ0n) is 23.3. The molecule has 0 spiro atoms. The number of carbonyl (C=O) groups is 2. The normalized spacial score (nSPS) is 17.9. The minimum atomic E-state index is -4.88. The van der Waals surface area contributed by atoms with Gasteiger partial charge in [0.05, 0.1) is 30.2 Å². The minimum absolute atomic E-state index is 0.0902. The second kappa shape index (κ2) is 11.2. The summed E-state index contributed by atoms with van der Waals surface area (Å²) in [4.78, 5) is 23.9. The Labute approximate surface area is 237 Å². The topological polar surface area (TPSA) is 152 Å². The number of aliphatic hydroxyl groups is 1. The molecule has 1 aromatic heterocycles. The average molecular weight is 628 g/mol. The van der Waals surface area contributed by atoms with Crippen molar-refractivity contribution >= 4 is 33.4 Å². The van der Waals surface area contributed by atoms with Crippen LogP contribution in [0.5, 0.6) is 5.75 Å². The molecule has 1 aliphatic heterocycles. The molecule has 0 aliphatic carbocycles. The van der Waals surface area contributed by atoms with Crippen molar-refractivity contribution in [2.45, 2.75) is 82.5 Å². The minimum Gasteiger partial charge on any atom is -0.484 e. The molecule has 42 heavy (non-hydrogen) atoms. The highest BCUT2D eigenvalue weighted by Crippen LogP contribution is 2.42. The first kappa shape index (κ1) is 32.8. The van der Waals surface area contributed by atoms with Crippen LogP contribution in [0.4, 0.5) is 38.1 Å². The molecule has 1 aliphatic rings. The largest absolute Gasteiger partial charge is 0.484 e. The predicted octanol–water partition coefficient (Wildman–Crippen LogP) is 3.71. The quantitative estimate of drug-likeness (QED) is 0.375. The summed E-state index contributed by atoms with van der Waals surface area (Å²) >= 11 is 0. The summed E-state index contributed by atoms with van der Waals surface area (Å²) in [5.41, 5.74) is -5.25. The summed E-state index contributed by atoms with van der Waals surface area (Å²) in [6, 6.07) is 2.37. The van der Waals surface area contributed by atoms with Crippen molar-refractivity contribution in [1.29, 1.82) is 0 Å². The third kappa shape index (κ3) is 6.69. The number of amides is 2. The van der Waals surface area contributed by atoms with E-state index in [1.165, 1.54) is 39.8 Å². The Kier molecular flexibility index (Phi) is 8.76. The van der Waals surface area contributed by atoms with E-state index in [0.29, 0.717) is 20.0 Å². The molecule has 0 fully saturated rings. The van der Waals surface area contributed by atoms with E-state index < -0.39 is 63.0 Å². The molecule has 1 aromatic carbocycles. The van der Waals surface area contributed by atoms with E-state index in [1.807, 2.05) is 0 Å². The number of rotatable bonds is 8. The van der Waals surface area contributed by atoms with Gasteiger partial charge < -0.3 is 19.9 Å². The summed E-state index contributed by atoms with van der Waals surface area (Å²) < 4.78 is 105. The molecule has 0 bridgehead atoms. The van der Waals surface area contributed by atoms with Gasteiger partial charge in [0.1, 0.15) is 22.4 Å². The number of hydrogen-bond acceptors (Lipinski definition) is 8. The Bertz CT molecular complexity index is 1450. The number of fused-ring (bicyclic) bond motifs is 1. The lowest BCUT2D eigenvalue weighted by atomic mass is 10.1. The van der Waals surface area contributed by atoms with Gasteiger partial charge in [0.2, 0.25) is 5.60 Å². The van der Waals surface area contributed by atoms with Gasteiger partial charge in [-0.1, -0.05) is 0 Å². The smallest absolute Gasteiger partial charge is 0.427 e. The van der Waals surface area contributed by atoms with Crippen molar-refractivity contribution in [3.63, 3.8) is 0 Å². The summed E-state index contributed by atoms with van der Waals surface area (Å²) in [5, 5.41) is 18.0. The van der Waals surface area contributed by atoms with E-state index in [-0.39, 0.29) is 34.0 Å². The molecule has 2 atom stereocenters. The zero-order valence-corrected chi connectivity index (χ0v) is 24.1. The Balaban J connectivity index is 2.05. The van der Waals surface area contributed by atoms with Crippen LogP contribution in [-0.4, -0.2) is 71.4 Å². The van der Waals surface area contributed by atoms with Crippen molar-refractivity contribution in [3.05, 3.63) is 30.1 Å². The number of ether oxygens (including phenoxy) is 2. The van der Waals surface area contributed by atoms with E-state index in [9.17, 15) is 45.1 Å². The Morgan fingerprint density at radius 2 is 1.81 bits per heavy atom. The van der Waals surface area contributed by atoms with Gasteiger partial charge >= 0.3 is 18.8 Å². The molecule has 18 heteroatoms. The summed E-state index contributed by atoms with van der Waals surface area (Å²) in [6.07, 6.45) is -6.80. The molecule has 3 rings (SSSR count). The van der Waals surface area contributed by atoms with Crippen molar-refractivity contribution < 1.29 is 54.5 Å². The number of nitrogens with one attached hydrogen (secondary N) is 2. The zero-order chi connectivity index (χ0) is 32.0. The number of nitrogens with zero attached hydrogens (tertiary/aromatic N) is 3. The number of benzene rings is 1. The van der Waals surface area contributed by atoms with Crippen LogP contribution in [0, 0.1) is 6.92 Å². The fraction of sp³-hybridized carbons (Fsp3) is 0.542. The molecule has 2 amide bonds. The lowest BCUT2D eigenvalue weighted by Crippen LogP contribution is -2.56. The van der Waals surface area contributed by atoms with E-state index in [2.05, 4.69) is 20.5 Å². The Morgan fingerprint density at radius 3 is 2.33 bits per heavy atom. The molecular formula is C24H30F5N5O7S. The van der Waals surface area contributed by atoms with Crippen LogP contribution < -0.4 is 19.7 Å². The number of anilines is 2. The van der Waals surface area contributed by atoms with Gasteiger partial charge in [0.15, 0.2) is 0 Å². The lowest BCUT2D eigenvalue weighted by Gasteiger charge is -2.41. The number of aromatic nitrogens is 2. The summed E-state index contributed by atoms with van der Waals surface area (Å²) in [6.45, 7) is 2.92. The first-order valence-corrected chi connectivity index (χ1v) is 13.8. The van der Waals surface area contributed by atoms with Crippen molar-refractivity contribution in [2.24, 2.45) is 0 Å². The molecule has 234 valence electrons. The van der Waals surface area contributed by atoms with Crippen LogP contribution in [0.15, 0.2) is 29.3 Å². The van der Waals surface area contributed by atoms with E-state index in [1.54, 1.807) is 0 Å². The Morgan fingerprint density at radius 1 is 1.19 bits per heavy atom. The van der Waals surface area contributed by atoms with Crippen LogP contribution in [0.25, 0.3) is 0 Å². The summed E-state index contributed by atoms with van der Waals surface area (Å²) in [5.74, 6) is -0.875. The number of halogens is 5. The van der Waals surface area contributed by atoms with Crippen LogP contribution >= 0.6 is 0 Å². The highest BCUT2D eigenvalue weighted by molar-refractivity contribution is 7.93. The average Bonchev–Trinajstić information content (AvgIpc) is 3.23. The number of alkyl halides is 5. The summed E-state index contributed by atoms with van der Waals surface area (Å²) in [7, 11) is -4.68. The van der Waals surface area contributed by atoms with Crippen molar-refractivity contribution in [2.75, 3.05) is 16.2 Å². The predicted molar refractivity (Wildman–Crippen MR) is 138 cm³/mol. The second-order valence-corrected chi connectivity index (χ2v) is 12.3. The molecule has 12 nitrogen and oxygen atoms in total. The maximum absolute atomic E-state index is 13.9. The van der Waals surface area contributed by atoms with Gasteiger partial charge in [-0.05, 0) is 59.7 Å². The van der Waals surface area contributed by atoms with Crippen LogP contribution in [0.3, 0.4) is 0 Å². The third-order valence-electron chi connectivity index (χ3n) is 6.29. The van der Waals surface area contributed by atoms with Gasteiger partial charge in [0.25, 0.3) is 15.9 Å². The maximum Gasteiger partial charge on any atom is 0.427 e. The fourth-order valence-corrected chi connectivity index (χ4v) is 5.67. The van der Waals surface area contributed by atoms with Crippen molar-refractivity contribution in [3.8, 4) is 5.75 Å². The highest BCUT2D eigenvalue weighted by Gasteiger charge is 2.51. The van der Waals surface area contributed by atoms with Gasteiger partial charge in [-0.2, -0.15) is 27.1 Å². The number of aryl methyl sites for hydroxylation is 1. The SMILES string of the molecule is Cc1nn(C(F)F)cc1S(=O)(=O)N1c2cc(NC(=O)OC(C)(C)C(F)(F)F)ccc2OC(CNC(=O)C(C)(C)O)C1C. The van der Waals surface area contributed by atoms with Crippen molar-refractivity contribution in [1.82, 2.24) is 15.1 Å². The molecule has 2 aromatic rings. The highest BCUT2D eigenvalue weighted by atomic mass is 32.2. The molecule has 3 N–H and O–H groups in total. The second-order valence-electron chi connectivity index (χ2n) is 10.5. The van der Waals surface area contributed by atoms with Crippen LogP contribution in [-0.2, 0) is 19.6 Å². The van der Waals surface area contributed by atoms with Gasteiger partial charge in [-0.3, -0.25) is 14.4 Å². The van der Waals surface area contributed by atoms with Gasteiger partial charge in [0, 0.05) is 5.69 Å². The van der Waals surface area contributed by atoms with Crippen LogP contribution in [0.2, 0.25) is 0 Å². The molecular weight excluding hydrogens is 597 g/mol. The number of hydrogen-bond donors (Lipinski definition) is 3. The number of sulfonamides is 1. The first-order chi connectivity index (χ1) is 19.1. The monoisotopic (exact) mass is 627 g/mol. The number of carbonyl (C=O) groups excluding carboxylic acids is 2. The first-order valence-electron chi connectivity index (χ1n) is 12.3. The fourth-order valence-electron chi connectivity index (χ4n) is 3.83. The molecule has 2 heterocycles. The van der Waals surface area contributed by atoms with Gasteiger partial charge in [-0.15, -0.1) is 0 Å². The molecule has 0 saturated heterocycles. The molecule has 2 unspecified atom stereocenters. The van der Waals surface area contributed by atoms with E-state index in [0.717, 1.165) is 10.4 Å². The maximum atomic E-state index is 13.9. The van der Waals surface area contributed by atoms with Crippen LogP contribution in [0.1, 0.15) is 46.9 Å². The van der Waals surface area contributed by atoms with E-state index in [4.69, 9.17) is 4.74 Å². The third-order valence-corrected chi connectivity index (χ3v) is 8.29. The lowest BCUT2D eigenvalue weighted by molar-refractivity contribution is -0.242. The molecule has 0 saturated carbocycles. The Hall–Kier alpha value is -3.67.